The van der Waals surface area contributed by atoms with Gasteiger partial charge in [-0.2, -0.15) is 0 Å². The molecule has 0 aromatic carbocycles. The molecule has 2 heterocycles. The summed E-state index contributed by atoms with van der Waals surface area (Å²) < 4.78 is 5.51. The van der Waals surface area contributed by atoms with Gasteiger partial charge in [0.1, 0.15) is 11.4 Å². The highest BCUT2D eigenvalue weighted by Gasteiger charge is 2.27. The van der Waals surface area contributed by atoms with Gasteiger partial charge in [0.15, 0.2) is 0 Å². The largest absolute Gasteiger partial charge is 0.443 e. The van der Waals surface area contributed by atoms with Crippen LogP contribution >= 0.6 is 0 Å². The average Bonchev–Trinajstić information content (AvgIpc) is 2.47. The molecule has 1 atom stereocenters. The molecule has 1 fully saturated rings. The summed E-state index contributed by atoms with van der Waals surface area (Å²) >= 11 is 0. The van der Waals surface area contributed by atoms with E-state index in [-0.39, 0.29) is 12.1 Å². The standard InChI is InChI=1S/C17H27N3O2/c1-5-20(16(21)22-17(2,3)4)15-13(9-8-12-19-15)14-10-6-7-11-18-14/h8-9,12,14,18H,5-7,10-11H2,1-4H3/t14-/m1/s1. The molecule has 1 aliphatic heterocycles. The SMILES string of the molecule is CCN(C(=O)OC(C)(C)C)c1ncccc1[C@H]1CCCCN1. The molecule has 5 heteroatoms. The number of anilines is 1. The van der Waals surface area contributed by atoms with E-state index in [2.05, 4.69) is 16.4 Å². The Morgan fingerprint density at radius 2 is 2.23 bits per heavy atom. The first-order valence-electron chi connectivity index (χ1n) is 8.11. The van der Waals surface area contributed by atoms with Crippen molar-refractivity contribution in [2.45, 2.75) is 58.6 Å². The fourth-order valence-electron chi connectivity index (χ4n) is 2.71. The molecule has 2 rings (SSSR count). The van der Waals surface area contributed by atoms with Crippen LogP contribution < -0.4 is 10.2 Å². The third-order valence-corrected chi connectivity index (χ3v) is 3.69. The molecule has 1 aliphatic rings. The van der Waals surface area contributed by atoms with Crippen molar-refractivity contribution in [2.24, 2.45) is 0 Å². The second kappa shape index (κ2) is 7.09. The zero-order valence-corrected chi connectivity index (χ0v) is 14.1. The second-order valence-corrected chi connectivity index (χ2v) is 6.64. The highest BCUT2D eigenvalue weighted by atomic mass is 16.6. The van der Waals surface area contributed by atoms with E-state index in [1.165, 1.54) is 12.8 Å². The number of nitrogens with zero attached hydrogens (tertiary/aromatic N) is 2. The molecule has 1 N–H and O–H groups in total. The molecule has 0 spiro atoms. The highest BCUT2D eigenvalue weighted by molar-refractivity contribution is 5.87. The van der Waals surface area contributed by atoms with Gasteiger partial charge < -0.3 is 10.1 Å². The molecule has 1 saturated heterocycles. The van der Waals surface area contributed by atoms with Crippen LogP contribution in [0.3, 0.4) is 0 Å². The van der Waals surface area contributed by atoms with Crippen molar-refractivity contribution in [3.63, 3.8) is 0 Å². The quantitative estimate of drug-likeness (QED) is 0.926. The molecule has 0 radical (unpaired) electrons. The maximum Gasteiger partial charge on any atom is 0.415 e. The van der Waals surface area contributed by atoms with Crippen LogP contribution in [0.15, 0.2) is 18.3 Å². The van der Waals surface area contributed by atoms with E-state index in [0.29, 0.717) is 12.4 Å². The van der Waals surface area contributed by atoms with Gasteiger partial charge in [0.2, 0.25) is 0 Å². The molecule has 0 saturated carbocycles. The summed E-state index contributed by atoms with van der Waals surface area (Å²) in [7, 11) is 0. The molecule has 22 heavy (non-hydrogen) atoms. The van der Waals surface area contributed by atoms with Crippen LogP contribution in [0.2, 0.25) is 0 Å². The van der Waals surface area contributed by atoms with Crippen molar-refractivity contribution < 1.29 is 9.53 Å². The Bertz CT molecular complexity index is 505. The van der Waals surface area contributed by atoms with Gasteiger partial charge in [0.25, 0.3) is 0 Å². The second-order valence-electron chi connectivity index (χ2n) is 6.64. The van der Waals surface area contributed by atoms with Crippen LogP contribution in [0.4, 0.5) is 10.6 Å². The van der Waals surface area contributed by atoms with E-state index in [0.717, 1.165) is 18.5 Å². The predicted molar refractivity (Wildman–Crippen MR) is 88.1 cm³/mol. The average molecular weight is 305 g/mol. The Hall–Kier alpha value is -1.62. The number of carbonyl (C=O) groups excluding carboxylic acids is 1. The first-order chi connectivity index (χ1) is 10.4. The lowest BCUT2D eigenvalue weighted by atomic mass is 9.98. The Morgan fingerprint density at radius 1 is 1.45 bits per heavy atom. The normalized spacial score (nSPS) is 18.8. The molecule has 5 nitrogen and oxygen atoms in total. The van der Waals surface area contributed by atoms with Crippen molar-refractivity contribution >= 4 is 11.9 Å². The minimum absolute atomic E-state index is 0.258. The van der Waals surface area contributed by atoms with Gasteiger partial charge in [-0.25, -0.2) is 9.78 Å². The van der Waals surface area contributed by atoms with Crippen LogP contribution in [0.1, 0.15) is 58.6 Å². The summed E-state index contributed by atoms with van der Waals surface area (Å²) in [5, 5.41) is 3.52. The van der Waals surface area contributed by atoms with Crippen molar-refractivity contribution in [1.29, 1.82) is 0 Å². The minimum atomic E-state index is -0.511. The lowest BCUT2D eigenvalue weighted by Gasteiger charge is -2.30. The number of hydrogen-bond acceptors (Lipinski definition) is 4. The summed E-state index contributed by atoms with van der Waals surface area (Å²) in [4.78, 5) is 18.6. The number of rotatable bonds is 3. The highest BCUT2D eigenvalue weighted by Crippen LogP contribution is 2.30. The zero-order valence-electron chi connectivity index (χ0n) is 14.1. The molecular formula is C17H27N3O2. The van der Waals surface area contributed by atoms with Gasteiger partial charge in [-0.1, -0.05) is 12.5 Å². The number of aromatic nitrogens is 1. The van der Waals surface area contributed by atoms with Crippen molar-refractivity contribution in [3.05, 3.63) is 23.9 Å². The van der Waals surface area contributed by atoms with Crippen molar-refractivity contribution in [3.8, 4) is 0 Å². The third-order valence-electron chi connectivity index (χ3n) is 3.69. The number of ether oxygens (including phenoxy) is 1. The van der Waals surface area contributed by atoms with Gasteiger partial charge in [0.05, 0.1) is 0 Å². The van der Waals surface area contributed by atoms with Gasteiger partial charge >= 0.3 is 6.09 Å². The Labute approximate surface area is 133 Å². The smallest absolute Gasteiger partial charge is 0.415 e. The number of carbonyl (C=O) groups is 1. The molecular weight excluding hydrogens is 278 g/mol. The van der Waals surface area contributed by atoms with E-state index in [1.54, 1.807) is 11.1 Å². The Kier molecular flexibility index (Phi) is 5.40. The van der Waals surface area contributed by atoms with Crippen LogP contribution in [0.5, 0.6) is 0 Å². The monoisotopic (exact) mass is 305 g/mol. The number of amides is 1. The first kappa shape index (κ1) is 16.7. The van der Waals surface area contributed by atoms with E-state index < -0.39 is 5.60 Å². The van der Waals surface area contributed by atoms with Crippen LogP contribution in [0, 0.1) is 0 Å². The molecule has 122 valence electrons. The molecule has 0 unspecified atom stereocenters. The number of nitrogens with one attached hydrogen (secondary N) is 1. The summed E-state index contributed by atoms with van der Waals surface area (Å²) in [6, 6.07) is 4.24. The Morgan fingerprint density at radius 3 is 2.82 bits per heavy atom. The van der Waals surface area contributed by atoms with Gasteiger partial charge in [-0.05, 0) is 53.1 Å². The molecule has 0 bridgehead atoms. The van der Waals surface area contributed by atoms with E-state index >= 15 is 0 Å². The van der Waals surface area contributed by atoms with Crippen LogP contribution in [-0.2, 0) is 4.74 Å². The summed E-state index contributed by atoms with van der Waals surface area (Å²) in [5.74, 6) is 0.707. The summed E-state index contributed by atoms with van der Waals surface area (Å²) in [5.41, 5.74) is 0.567. The first-order valence-corrected chi connectivity index (χ1v) is 8.11. The predicted octanol–water partition coefficient (Wildman–Crippen LogP) is 3.66. The van der Waals surface area contributed by atoms with Crippen LogP contribution in [-0.4, -0.2) is 29.8 Å². The van der Waals surface area contributed by atoms with Crippen LogP contribution in [0.25, 0.3) is 0 Å². The zero-order chi connectivity index (χ0) is 16.2. The number of piperidine rings is 1. The number of hydrogen-bond donors (Lipinski definition) is 1. The molecule has 1 amide bonds. The van der Waals surface area contributed by atoms with E-state index in [9.17, 15) is 4.79 Å². The van der Waals surface area contributed by atoms with Crippen molar-refractivity contribution in [2.75, 3.05) is 18.0 Å². The maximum absolute atomic E-state index is 12.5. The van der Waals surface area contributed by atoms with Gasteiger partial charge in [-0.3, -0.25) is 4.90 Å². The summed E-state index contributed by atoms with van der Waals surface area (Å²) in [6.45, 7) is 9.11. The lowest BCUT2D eigenvalue weighted by Crippen LogP contribution is -2.38. The molecule has 1 aromatic rings. The lowest BCUT2D eigenvalue weighted by molar-refractivity contribution is 0.0580. The van der Waals surface area contributed by atoms with E-state index in [4.69, 9.17) is 4.74 Å². The molecule has 1 aromatic heterocycles. The van der Waals surface area contributed by atoms with Crippen molar-refractivity contribution in [1.82, 2.24) is 10.3 Å². The Balaban J connectivity index is 2.27. The topological polar surface area (TPSA) is 54.5 Å². The molecule has 0 aliphatic carbocycles. The van der Waals surface area contributed by atoms with Gasteiger partial charge in [-0.15, -0.1) is 0 Å². The minimum Gasteiger partial charge on any atom is -0.443 e. The summed E-state index contributed by atoms with van der Waals surface area (Å²) in [6.07, 6.45) is 4.87. The maximum atomic E-state index is 12.5. The number of pyridine rings is 1. The van der Waals surface area contributed by atoms with Gasteiger partial charge in [0, 0.05) is 24.3 Å². The fraction of sp³-hybridized carbons (Fsp3) is 0.647. The van der Waals surface area contributed by atoms with E-state index in [1.807, 2.05) is 33.8 Å². The third kappa shape index (κ3) is 4.19. The fourth-order valence-corrected chi connectivity index (χ4v) is 2.71.